The molecule has 0 heterocycles. The predicted molar refractivity (Wildman–Crippen MR) is 193 cm³/mol. The van der Waals surface area contributed by atoms with Crippen molar-refractivity contribution in [1.29, 1.82) is 0 Å². The molecular formula is C26H35N5O6P4S3. The highest BCUT2D eigenvalue weighted by Gasteiger charge is 2.21. The van der Waals surface area contributed by atoms with E-state index < -0.39 is 28.8 Å². The molecule has 238 valence electrons. The van der Waals surface area contributed by atoms with Crippen LogP contribution in [0.1, 0.15) is 16.7 Å². The first-order chi connectivity index (χ1) is 21.0. The van der Waals surface area contributed by atoms with E-state index in [0.717, 1.165) is 16.7 Å². The molecule has 0 amide bonds. The molecule has 0 bridgehead atoms. The summed E-state index contributed by atoms with van der Waals surface area (Å²) in [5.74, 6) is 1.95. The predicted octanol–water partition coefficient (Wildman–Crippen LogP) is 6.48. The standard InChI is InChI=1S/C26H35N5O6P4S3/c1-27-38(42)35-24-12-6-21(7-13-24)18-28-30(2)39(43)36-25-14-8-22(9-15-25)19-29-31(3)40(44)37-26-16-10-23(11-17-26)20-41(32,33-4)34-5/h6-19,38-40H,20H2,1-5H3,(H,27,42)/b28-18+,29-19+. The van der Waals surface area contributed by atoms with Gasteiger partial charge in [-0.25, -0.2) is 9.56 Å². The maximum atomic E-state index is 12.3. The Bertz CT molecular complexity index is 1540. The van der Waals surface area contributed by atoms with Crippen molar-refractivity contribution in [3.05, 3.63) is 89.5 Å². The summed E-state index contributed by atoms with van der Waals surface area (Å²) in [4.78, 5) is 0. The Balaban J connectivity index is 1.48. The highest BCUT2D eigenvalue weighted by Crippen LogP contribution is 2.49. The van der Waals surface area contributed by atoms with Crippen molar-refractivity contribution < 1.29 is 27.2 Å². The van der Waals surface area contributed by atoms with Crippen LogP contribution in [0.3, 0.4) is 0 Å². The van der Waals surface area contributed by atoms with Crippen LogP contribution in [-0.2, 0) is 55.2 Å². The van der Waals surface area contributed by atoms with Crippen molar-refractivity contribution in [2.45, 2.75) is 6.16 Å². The van der Waals surface area contributed by atoms with E-state index in [9.17, 15) is 4.57 Å². The molecule has 44 heavy (non-hydrogen) atoms. The molecule has 3 rings (SSSR count). The molecule has 3 aromatic rings. The number of nitrogens with zero attached hydrogens (tertiary/aromatic N) is 4. The minimum Gasteiger partial charge on any atom is -0.456 e. The quantitative estimate of drug-likeness (QED) is 0.0933. The minimum absolute atomic E-state index is 0.167. The maximum absolute atomic E-state index is 12.3. The second kappa shape index (κ2) is 18.3. The van der Waals surface area contributed by atoms with Crippen molar-refractivity contribution in [3.63, 3.8) is 0 Å². The largest absolute Gasteiger partial charge is 0.456 e. The third kappa shape index (κ3) is 12.1. The van der Waals surface area contributed by atoms with Crippen LogP contribution >= 0.6 is 28.8 Å². The molecular weight excluding hydrogens is 698 g/mol. The van der Waals surface area contributed by atoms with Crippen LogP contribution in [0.2, 0.25) is 0 Å². The summed E-state index contributed by atoms with van der Waals surface area (Å²) in [6.45, 7) is 0. The van der Waals surface area contributed by atoms with Crippen LogP contribution < -0.4 is 18.7 Å². The van der Waals surface area contributed by atoms with Crippen LogP contribution in [0.15, 0.2) is 83.0 Å². The van der Waals surface area contributed by atoms with E-state index in [0.29, 0.717) is 17.2 Å². The van der Waals surface area contributed by atoms with Gasteiger partial charge in [-0.3, -0.25) is 9.65 Å². The van der Waals surface area contributed by atoms with E-state index in [2.05, 4.69) is 15.3 Å². The third-order valence-corrected chi connectivity index (χ3v) is 13.5. The second-order valence-corrected chi connectivity index (χ2v) is 18.3. The minimum atomic E-state index is -3.14. The lowest BCUT2D eigenvalue weighted by molar-refractivity contribution is 0.275. The Morgan fingerprint density at radius 1 is 0.727 bits per heavy atom. The van der Waals surface area contributed by atoms with Gasteiger partial charge in [-0.1, -0.05) is 12.1 Å². The zero-order valence-corrected chi connectivity index (χ0v) is 31.0. The first-order valence-electron chi connectivity index (χ1n) is 12.9. The van der Waals surface area contributed by atoms with Gasteiger partial charge in [0.1, 0.15) is 17.2 Å². The summed E-state index contributed by atoms with van der Waals surface area (Å²) in [5, 5.41) is 11.8. The van der Waals surface area contributed by atoms with Gasteiger partial charge in [0.15, 0.2) is 7.07 Å². The molecule has 11 nitrogen and oxygen atoms in total. The van der Waals surface area contributed by atoms with Crippen LogP contribution in [0.25, 0.3) is 0 Å². The molecule has 0 spiro atoms. The molecule has 3 unspecified atom stereocenters. The lowest BCUT2D eigenvalue weighted by Gasteiger charge is -2.17. The van der Waals surface area contributed by atoms with Gasteiger partial charge in [-0.15, -0.1) is 0 Å². The highest BCUT2D eigenvalue weighted by atomic mass is 32.4. The van der Waals surface area contributed by atoms with Crippen LogP contribution in [-0.4, -0.2) is 57.4 Å². The summed E-state index contributed by atoms with van der Waals surface area (Å²) >= 11 is 16.3. The van der Waals surface area contributed by atoms with Gasteiger partial charge >= 0.3 is 7.60 Å². The lowest BCUT2D eigenvalue weighted by Crippen LogP contribution is -2.04. The number of hydrazone groups is 2. The molecule has 0 saturated carbocycles. The van der Waals surface area contributed by atoms with Crippen LogP contribution in [0.5, 0.6) is 17.2 Å². The first-order valence-corrected chi connectivity index (χ1v) is 22.2. The molecule has 0 aliphatic carbocycles. The molecule has 0 fully saturated rings. The molecule has 3 aromatic carbocycles. The Morgan fingerprint density at radius 3 is 1.50 bits per heavy atom. The molecule has 3 atom stereocenters. The fraction of sp³-hybridized carbons (Fsp3) is 0.231. The van der Waals surface area contributed by atoms with Crippen molar-refractivity contribution in [1.82, 2.24) is 14.6 Å². The van der Waals surface area contributed by atoms with Crippen LogP contribution in [0.4, 0.5) is 0 Å². The zero-order chi connectivity index (χ0) is 32.1. The van der Waals surface area contributed by atoms with Gasteiger partial charge < -0.3 is 22.6 Å². The van der Waals surface area contributed by atoms with Crippen molar-refractivity contribution >= 4 is 76.7 Å². The van der Waals surface area contributed by atoms with E-state index in [-0.39, 0.29) is 6.16 Å². The van der Waals surface area contributed by atoms with Gasteiger partial charge in [-0.2, -0.15) is 10.2 Å². The molecule has 1 N–H and O–H groups in total. The number of nitrogens with one attached hydrogen (secondary N) is 1. The summed E-state index contributed by atoms with van der Waals surface area (Å²) in [5.41, 5.74) is 2.56. The normalized spacial score (nSPS) is 13.8. The van der Waals surface area contributed by atoms with Crippen molar-refractivity contribution in [2.24, 2.45) is 10.2 Å². The maximum Gasteiger partial charge on any atom is 0.334 e. The molecule has 18 heteroatoms. The Hall–Kier alpha value is -1.94. The van der Waals surface area contributed by atoms with Gasteiger partial charge in [0.25, 0.3) is 0 Å². The Labute approximate surface area is 275 Å². The zero-order valence-electron chi connectivity index (χ0n) is 24.7. The van der Waals surface area contributed by atoms with Gasteiger partial charge in [-0.05, 0) is 120 Å². The average Bonchev–Trinajstić information content (AvgIpc) is 3.04. The fourth-order valence-electron chi connectivity index (χ4n) is 3.23. The van der Waals surface area contributed by atoms with E-state index in [1.165, 1.54) is 14.2 Å². The molecule has 0 saturated heterocycles. The van der Waals surface area contributed by atoms with Crippen LogP contribution in [0, 0.1) is 0 Å². The number of benzene rings is 3. The van der Waals surface area contributed by atoms with Gasteiger partial charge in [0.2, 0.25) is 14.1 Å². The summed E-state index contributed by atoms with van der Waals surface area (Å²) < 4.78 is 43.1. The highest BCUT2D eigenvalue weighted by molar-refractivity contribution is 8.02. The van der Waals surface area contributed by atoms with E-state index in [4.69, 9.17) is 58.0 Å². The monoisotopic (exact) mass is 733 g/mol. The Kier molecular flexibility index (Phi) is 15.2. The van der Waals surface area contributed by atoms with E-state index in [1.807, 2.05) is 48.5 Å². The Morgan fingerprint density at radius 2 is 1.11 bits per heavy atom. The van der Waals surface area contributed by atoms with Crippen molar-refractivity contribution in [2.75, 3.05) is 35.4 Å². The topological polar surface area (TPSA) is 106 Å². The number of rotatable bonds is 17. The molecule has 0 radical (unpaired) electrons. The lowest BCUT2D eigenvalue weighted by atomic mass is 10.2. The van der Waals surface area contributed by atoms with E-state index >= 15 is 0 Å². The SMILES string of the molecule is CN[PH](=S)Oc1ccc(/C=N/N(C)[PH](=S)Oc2ccc(/C=N/N(C)[PH](=S)Oc3ccc(CP(=O)(OC)OC)cc3)cc2)cc1. The average molecular weight is 734 g/mol. The third-order valence-electron chi connectivity index (χ3n) is 5.73. The summed E-state index contributed by atoms with van der Waals surface area (Å²) in [6, 6.07) is 22.1. The smallest absolute Gasteiger partial charge is 0.334 e. The second-order valence-electron chi connectivity index (χ2n) is 8.83. The first kappa shape index (κ1) is 36.5. The fourth-order valence-corrected chi connectivity index (χ4v) is 7.14. The van der Waals surface area contributed by atoms with Gasteiger partial charge in [0.05, 0.1) is 18.6 Å². The van der Waals surface area contributed by atoms with Gasteiger partial charge in [0, 0.05) is 28.3 Å². The summed E-state index contributed by atoms with van der Waals surface area (Å²) in [7, 11) is -0.217. The number of hydrogen-bond acceptors (Lipinski definition) is 11. The summed E-state index contributed by atoms with van der Waals surface area (Å²) in [6.07, 6.45) is 3.58. The molecule has 0 aliphatic rings. The van der Waals surface area contributed by atoms with E-state index in [1.54, 1.807) is 67.4 Å². The number of hydrogen-bond donors (Lipinski definition) is 1. The molecule has 0 aromatic heterocycles. The molecule has 0 aliphatic heterocycles. The van der Waals surface area contributed by atoms with Crippen molar-refractivity contribution in [3.8, 4) is 17.2 Å².